The second-order valence-corrected chi connectivity index (χ2v) is 8.43. The van der Waals surface area contributed by atoms with Crippen molar-refractivity contribution in [2.45, 2.75) is 25.7 Å². The summed E-state index contributed by atoms with van der Waals surface area (Å²) < 4.78 is 10.8. The van der Waals surface area contributed by atoms with Crippen LogP contribution in [0.5, 0.6) is 11.5 Å². The summed E-state index contributed by atoms with van der Waals surface area (Å²) in [6, 6.07) is 16.3. The maximum Gasteiger partial charge on any atom is 0.229 e. The molecule has 1 unspecified atom stereocenters. The van der Waals surface area contributed by atoms with Crippen molar-refractivity contribution in [3.63, 3.8) is 0 Å². The van der Waals surface area contributed by atoms with Crippen molar-refractivity contribution in [1.29, 1.82) is 5.26 Å². The lowest BCUT2D eigenvalue weighted by molar-refractivity contribution is -0.129. The number of rotatable bonds is 5. The van der Waals surface area contributed by atoms with Crippen LogP contribution in [0.25, 0.3) is 0 Å². The highest BCUT2D eigenvalue weighted by molar-refractivity contribution is 8.03. The Morgan fingerprint density at radius 2 is 1.94 bits per heavy atom. The number of benzene rings is 2. The fourth-order valence-corrected chi connectivity index (χ4v) is 5.19. The predicted molar refractivity (Wildman–Crippen MR) is 122 cm³/mol. The minimum Gasteiger partial charge on any atom is -0.497 e. The van der Waals surface area contributed by atoms with E-state index in [1.165, 1.54) is 17.3 Å². The van der Waals surface area contributed by atoms with Crippen LogP contribution < -0.4 is 14.4 Å². The summed E-state index contributed by atoms with van der Waals surface area (Å²) in [6.45, 7) is 2.50. The maximum absolute atomic E-state index is 13.1. The zero-order valence-electron chi connectivity index (χ0n) is 17.9. The molecule has 4 rings (SSSR count). The van der Waals surface area contributed by atoms with Gasteiger partial charge in [0, 0.05) is 18.4 Å². The highest BCUT2D eigenvalue weighted by atomic mass is 32.2. The van der Waals surface area contributed by atoms with Crippen molar-refractivity contribution in [2.75, 3.05) is 31.7 Å². The summed E-state index contributed by atoms with van der Waals surface area (Å²) in [4.78, 5) is 16.9. The number of hydrogen-bond donors (Lipinski definition) is 0. The average Bonchev–Trinajstić information content (AvgIpc) is 2.83. The van der Waals surface area contributed by atoms with E-state index in [-0.39, 0.29) is 11.8 Å². The van der Waals surface area contributed by atoms with Crippen LogP contribution in [0.4, 0.5) is 5.69 Å². The molecule has 0 saturated carbocycles. The van der Waals surface area contributed by atoms with Gasteiger partial charge < -0.3 is 14.4 Å². The van der Waals surface area contributed by atoms with Crippen molar-refractivity contribution in [3.05, 3.63) is 64.2 Å². The Bertz CT molecular complexity index is 1060. The van der Waals surface area contributed by atoms with E-state index < -0.39 is 0 Å². The average molecular weight is 436 g/mol. The van der Waals surface area contributed by atoms with Crippen LogP contribution in [0.1, 0.15) is 30.4 Å². The first-order valence-corrected chi connectivity index (χ1v) is 11.2. The molecule has 0 aliphatic carbocycles. The molecule has 2 heterocycles. The zero-order chi connectivity index (χ0) is 22.0. The van der Waals surface area contributed by atoms with Gasteiger partial charge in [-0.3, -0.25) is 9.69 Å². The molecule has 2 aromatic rings. The molecule has 2 aliphatic heterocycles. The number of aryl methyl sites for hydroxylation is 1. The largest absolute Gasteiger partial charge is 0.497 e. The number of anilines is 1. The van der Waals surface area contributed by atoms with E-state index in [1.54, 1.807) is 19.1 Å². The van der Waals surface area contributed by atoms with E-state index in [1.807, 2.05) is 30.3 Å². The Labute approximate surface area is 187 Å². The van der Waals surface area contributed by atoms with Crippen LogP contribution in [-0.2, 0) is 11.2 Å². The lowest BCUT2D eigenvalue weighted by Gasteiger charge is -2.42. The quantitative estimate of drug-likeness (QED) is 0.690. The molecule has 0 radical (unpaired) electrons. The number of allylic oxidation sites excluding steroid dienone is 1. The van der Waals surface area contributed by atoms with Crippen molar-refractivity contribution in [1.82, 2.24) is 4.90 Å². The van der Waals surface area contributed by atoms with E-state index >= 15 is 0 Å². The van der Waals surface area contributed by atoms with E-state index in [2.05, 4.69) is 30.0 Å². The van der Waals surface area contributed by atoms with E-state index in [4.69, 9.17) is 9.47 Å². The molecule has 1 saturated heterocycles. The van der Waals surface area contributed by atoms with E-state index in [9.17, 15) is 10.1 Å². The van der Waals surface area contributed by atoms with Crippen molar-refractivity contribution >= 4 is 23.4 Å². The molecular weight excluding hydrogens is 410 g/mol. The van der Waals surface area contributed by atoms with E-state index in [0.29, 0.717) is 36.0 Å². The summed E-state index contributed by atoms with van der Waals surface area (Å²) in [5.74, 6) is 1.86. The van der Waals surface area contributed by atoms with Gasteiger partial charge in [-0.2, -0.15) is 5.26 Å². The van der Waals surface area contributed by atoms with Crippen molar-refractivity contribution < 1.29 is 14.3 Å². The summed E-state index contributed by atoms with van der Waals surface area (Å²) >= 11 is 1.52. The lowest BCUT2D eigenvalue weighted by Crippen LogP contribution is -2.47. The van der Waals surface area contributed by atoms with Crippen LogP contribution >= 0.6 is 11.8 Å². The third-order valence-corrected chi connectivity index (χ3v) is 6.97. The van der Waals surface area contributed by atoms with E-state index in [0.717, 1.165) is 22.7 Å². The Morgan fingerprint density at radius 3 is 2.58 bits per heavy atom. The first kappa shape index (κ1) is 21.1. The third kappa shape index (κ3) is 3.96. The number of methoxy groups -OCH3 is 2. The van der Waals surface area contributed by atoms with Crippen LogP contribution in [0.15, 0.2) is 53.1 Å². The standard InChI is InChI=1S/C24H25N3O3S/c1-4-16-5-7-17(8-6-16)19-12-23(28)27-14-26(15-31-24(27)20(19)13-25)21-10-9-18(29-2)11-22(21)30-3/h5-11,19H,4,12,14-15H2,1-3H3. The molecule has 0 N–H and O–H groups in total. The number of carbonyl (C=O) groups excluding carboxylic acids is 1. The molecule has 2 aliphatic rings. The Kier molecular flexibility index (Phi) is 6.10. The molecule has 1 amide bonds. The second-order valence-electron chi connectivity index (χ2n) is 7.50. The van der Waals surface area contributed by atoms with Gasteiger partial charge in [0.1, 0.15) is 11.5 Å². The number of nitriles is 1. The smallest absolute Gasteiger partial charge is 0.229 e. The third-order valence-electron chi connectivity index (χ3n) is 5.81. The van der Waals surface area contributed by atoms with Gasteiger partial charge in [0.25, 0.3) is 0 Å². The lowest BCUT2D eigenvalue weighted by atomic mass is 9.86. The monoisotopic (exact) mass is 435 g/mol. The maximum atomic E-state index is 13.1. The van der Waals surface area contributed by atoms with Gasteiger partial charge in [-0.25, -0.2) is 0 Å². The predicted octanol–water partition coefficient (Wildman–Crippen LogP) is 4.49. The highest BCUT2D eigenvalue weighted by Crippen LogP contribution is 2.44. The van der Waals surface area contributed by atoms with Crippen LogP contribution in [0, 0.1) is 11.3 Å². The van der Waals surface area contributed by atoms with Gasteiger partial charge in [0.05, 0.1) is 49.1 Å². The highest BCUT2D eigenvalue weighted by Gasteiger charge is 2.38. The molecular formula is C24H25N3O3S. The summed E-state index contributed by atoms with van der Waals surface area (Å²) in [5.41, 5.74) is 3.83. The van der Waals surface area contributed by atoms with Gasteiger partial charge in [-0.15, -0.1) is 0 Å². The van der Waals surface area contributed by atoms with Gasteiger partial charge in [-0.1, -0.05) is 43.0 Å². The molecule has 7 heteroatoms. The fourth-order valence-electron chi connectivity index (χ4n) is 4.03. The molecule has 160 valence electrons. The number of fused-ring (bicyclic) bond motifs is 1. The number of hydrogen-bond acceptors (Lipinski definition) is 6. The number of thioether (sulfide) groups is 1. The molecule has 0 aromatic heterocycles. The molecule has 0 bridgehead atoms. The first-order valence-electron chi connectivity index (χ1n) is 10.2. The zero-order valence-corrected chi connectivity index (χ0v) is 18.7. The van der Waals surface area contributed by atoms with Crippen molar-refractivity contribution in [2.24, 2.45) is 0 Å². The second kappa shape index (κ2) is 8.94. The Hall–Kier alpha value is -3.11. The number of amides is 1. The van der Waals surface area contributed by atoms with Gasteiger partial charge in [0.15, 0.2) is 0 Å². The number of nitrogens with zero attached hydrogens (tertiary/aromatic N) is 3. The normalized spacial score (nSPS) is 18.5. The molecule has 6 nitrogen and oxygen atoms in total. The van der Waals surface area contributed by atoms with Gasteiger partial charge >= 0.3 is 0 Å². The summed E-state index contributed by atoms with van der Waals surface area (Å²) in [6.07, 6.45) is 1.26. The van der Waals surface area contributed by atoms with Gasteiger partial charge in [-0.05, 0) is 29.7 Å². The summed E-state index contributed by atoms with van der Waals surface area (Å²) in [7, 11) is 3.24. The van der Waals surface area contributed by atoms with Crippen LogP contribution in [0.2, 0.25) is 0 Å². The molecule has 31 heavy (non-hydrogen) atoms. The molecule has 2 aromatic carbocycles. The molecule has 0 spiro atoms. The first-order chi connectivity index (χ1) is 15.1. The molecule has 1 fully saturated rings. The Morgan fingerprint density at radius 1 is 1.16 bits per heavy atom. The number of ether oxygens (including phenoxy) is 2. The van der Waals surface area contributed by atoms with Crippen LogP contribution in [-0.4, -0.2) is 37.6 Å². The minimum absolute atomic E-state index is 0.0308. The fraction of sp³-hybridized carbons (Fsp3) is 0.333. The topological polar surface area (TPSA) is 65.8 Å². The van der Waals surface area contributed by atoms with Crippen molar-refractivity contribution in [3.8, 4) is 17.6 Å². The minimum atomic E-state index is -0.191. The summed E-state index contributed by atoms with van der Waals surface area (Å²) in [5, 5.41) is 10.7. The Balaban J connectivity index is 1.64. The molecule has 1 atom stereocenters. The van der Waals surface area contributed by atoms with Crippen LogP contribution in [0.3, 0.4) is 0 Å². The van der Waals surface area contributed by atoms with Gasteiger partial charge in [0.2, 0.25) is 5.91 Å². The number of carbonyl (C=O) groups is 1. The SMILES string of the molecule is CCc1ccc(C2CC(=O)N3CN(c4ccc(OC)cc4OC)CSC3=C2C#N)cc1.